The highest BCUT2D eigenvalue weighted by molar-refractivity contribution is 5.76. The van der Waals surface area contributed by atoms with Gasteiger partial charge >= 0.3 is 0 Å². The highest BCUT2D eigenvalue weighted by Crippen LogP contribution is 2.15. The lowest BCUT2D eigenvalue weighted by Crippen LogP contribution is -2.45. The first-order valence-corrected chi connectivity index (χ1v) is 21.1. The predicted octanol–water partition coefficient (Wildman–Crippen LogP) is 12.8. The van der Waals surface area contributed by atoms with E-state index in [2.05, 4.69) is 31.3 Å². The molecule has 0 rings (SSSR count). The molecule has 0 aliphatic rings. The molecule has 0 saturated heterocycles. The van der Waals surface area contributed by atoms with Crippen molar-refractivity contribution in [2.24, 2.45) is 0 Å². The van der Waals surface area contributed by atoms with Gasteiger partial charge < -0.3 is 15.5 Å². The van der Waals surface area contributed by atoms with Crippen molar-refractivity contribution in [3.05, 3.63) is 24.3 Å². The lowest BCUT2D eigenvalue weighted by Gasteiger charge is -2.19. The van der Waals surface area contributed by atoms with E-state index in [1.54, 1.807) is 6.08 Å². The number of hydrogen-bond acceptors (Lipinski definition) is 3. The van der Waals surface area contributed by atoms with E-state index in [4.69, 9.17) is 0 Å². The molecule has 0 aromatic carbocycles. The summed E-state index contributed by atoms with van der Waals surface area (Å²) in [6.07, 6.45) is 49.9. The molecule has 3 N–H and O–H groups in total. The summed E-state index contributed by atoms with van der Waals surface area (Å²) in [5.74, 6) is -0.0710. The normalized spacial score (nSPS) is 13.2. The van der Waals surface area contributed by atoms with Crippen LogP contribution in [-0.2, 0) is 4.79 Å². The third kappa shape index (κ3) is 36.0. The molecule has 1 amide bonds. The molecular formula is C43H83NO3. The third-order valence-corrected chi connectivity index (χ3v) is 9.69. The van der Waals surface area contributed by atoms with Gasteiger partial charge in [0.15, 0.2) is 0 Å². The van der Waals surface area contributed by atoms with E-state index in [0.29, 0.717) is 6.42 Å². The van der Waals surface area contributed by atoms with Crippen molar-refractivity contribution in [2.75, 3.05) is 6.61 Å². The van der Waals surface area contributed by atoms with Gasteiger partial charge in [0.05, 0.1) is 18.8 Å². The molecule has 0 spiro atoms. The van der Waals surface area contributed by atoms with Gasteiger partial charge in [-0.3, -0.25) is 4.79 Å². The molecule has 0 radical (unpaired) electrons. The third-order valence-electron chi connectivity index (χ3n) is 9.69. The lowest BCUT2D eigenvalue weighted by atomic mass is 10.0. The van der Waals surface area contributed by atoms with Crippen LogP contribution in [0.3, 0.4) is 0 Å². The monoisotopic (exact) mass is 662 g/mol. The number of carbonyl (C=O) groups is 1. The summed E-state index contributed by atoms with van der Waals surface area (Å²) < 4.78 is 0. The van der Waals surface area contributed by atoms with Gasteiger partial charge in [-0.05, 0) is 32.1 Å². The van der Waals surface area contributed by atoms with E-state index < -0.39 is 12.1 Å². The average molecular weight is 662 g/mol. The summed E-state index contributed by atoms with van der Waals surface area (Å²) in [6.45, 7) is 4.30. The number of allylic oxidation sites excluding steroid dienone is 3. The molecule has 0 fully saturated rings. The van der Waals surface area contributed by atoms with Crippen molar-refractivity contribution >= 4 is 5.91 Å². The minimum atomic E-state index is -0.857. The van der Waals surface area contributed by atoms with E-state index in [1.165, 1.54) is 173 Å². The Labute approximate surface area is 294 Å². The Balaban J connectivity index is 3.57. The van der Waals surface area contributed by atoms with Gasteiger partial charge in [0.25, 0.3) is 0 Å². The predicted molar refractivity (Wildman–Crippen MR) is 207 cm³/mol. The topological polar surface area (TPSA) is 69.6 Å². The Morgan fingerprint density at radius 3 is 1.23 bits per heavy atom. The highest BCUT2D eigenvalue weighted by atomic mass is 16.3. The molecule has 0 unspecified atom stereocenters. The maximum Gasteiger partial charge on any atom is 0.220 e. The lowest BCUT2D eigenvalue weighted by molar-refractivity contribution is -0.123. The quantitative estimate of drug-likeness (QED) is 0.0455. The van der Waals surface area contributed by atoms with Crippen LogP contribution < -0.4 is 5.32 Å². The number of unbranched alkanes of at least 4 members (excludes halogenated alkanes) is 29. The number of carbonyl (C=O) groups excluding carboxylic acids is 1. The Hall–Kier alpha value is -1.13. The van der Waals surface area contributed by atoms with Crippen molar-refractivity contribution in [3.8, 4) is 0 Å². The summed E-state index contributed by atoms with van der Waals surface area (Å²) in [5, 5.41) is 22.9. The molecule has 278 valence electrons. The zero-order valence-electron chi connectivity index (χ0n) is 31.8. The minimum absolute atomic E-state index is 0.0710. The maximum absolute atomic E-state index is 12.4. The standard InChI is InChI=1S/C43H83NO3/c1-3-5-7-9-11-13-15-17-19-20-21-22-23-25-27-29-31-33-35-37-39-43(47)44-41(40-45)42(46)38-36-34-32-30-28-26-24-18-16-14-12-10-8-6-4-2/h28,30,36,38,41-42,45-46H,3-27,29,31-35,37,39-40H2,1-2H3,(H,44,47)/b30-28+,38-36+/t41-,42+/m0/s1. The van der Waals surface area contributed by atoms with Crippen LogP contribution in [0.2, 0.25) is 0 Å². The van der Waals surface area contributed by atoms with Crippen molar-refractivity contribution in [2.45, 2.75) is 238 Å². The molecule has 4 nitrogen and oxygen atoms in total. The van der Waals surface area contributed by atoms with Crippen molar-refractivity contribution in [1.82, 2.24) is 5.32 Å². The van der Waals surface area contributed by atoms with Crippen LogP contribution in [0.25, 0.3) is 0 Å². The molecule has 2 atom stereocenters. The summed E-state index contributed by atoms with van der Waals surface area (Å²) in [7, 11) is 0. The van der Waals surface area contributed by atoms with E-state index in [0.717, 1.165) is 32.1 Å². The molecule has 0 heterocycles. The van der Waals surface area contributed by atoms with E-state index in [1.807, 2.05) is 6.08 Å². The molecule has 0 aliphatic heterocycles. The second-order valence-electron chi connectivity index (χ2n) is 14.4. The molecule has 4 heteroatoms. The van der Waals surface area contributed by atoms with Crippen LogP contribution in [0.5, 0.6) is 0 Å². The van der Waals surface area contributed by atoms with Gasteiger partial charge in [-0.15, -0.1) is 0 Å². The van der Waals surface area contributed by atoms with Gasteiger partial charge in [0.2, 0.25) is 5.91 Å². The van der Waals surface area contributed by atoms with E-state index >= 15 is 0 Å². The fourth-order valence-corrected chi connectivity index (χ4v) is 6.43. The molecule has 0 aromatic heterocycles. The molecule has 0 saturated carbocycles. The molecule has 0 aromatic rings. The number of aliphatic hydroxyl groups excluding tert-OH is 2. The van der Waals surface area contributed by atoms with Gasteiger partial charge in [0.1, 0.15) is 0 Å². The largest absolute Gasteiger partial charge is 0.394 e. The fourth-order valence-electron chi connectivity index (χ4n) is 6.43. The Morgan fingerprint density at radius 2 is 0.830 bits per heavy atom. The average Bonchev–Trinajstić information content (AvgIpc) is 3.07. The van der Waals surface area contributed by atoms with Crippen molar-refractivity contribution in [1.29, 1.82) is 0 Å². The Kier molecular flexibility index (Phi) is 38.4. The molecule has 47 heavy (non-hydrogen) atoms. The zero-order chi connectivity index (χ0) is 34.3. The fraction of sp³-hybridized carbons (Fsp3) is 0.884. The number of nitrogens with one attached hydrogen (secondary N) is 1. The van der Waals surface area contributed by atoms with Gasteiger partial charge in [-0.2, -0.15) is 0 Å². The number of hydrogen-bond donors (Lipinski definition) is 3. The van der Waals surface area contributed by atoms with Crippen LogP contribution in [0.4, 0.5) is 0 Å². The van der Waals surface area contributed by atoms with Crippen LogP contribution >= 0.6 is 0 Å². The maximum atomic E-state index is 12.4. The van der Waals surface area contributed by atoms with Crippen LogP contribution in [0.15, 0.2) is 24.3 Å². The zero-order valence-corrected chi connectivity index (χ0v) is 31.8. The van der Waals surface area contributed by atoms with E-state index in [9.17, 15) is 15.0 Å². The smallest absolute Gasteiger partial charge is 0.220 e. The van der Waals surface area contributed by atoms with Crippen molar-refractivity contribution < 1.29 is 15.0 Å². The first-order chi connectivity index (χ1) is 23.2. The Bertz CT molecular complexity index is 676. The summed E-state index contributed by atoms with van der Waals surface area (Å²) in [6, 6.07) is -0.633. The molecular weight excluding hydrogens is 578 g/mol. The number of aliphatic hydroxyl groups is 2. The van der Waals surface area contributed by atoms with Gasteiger partial charge in [-0.25, -0.2) is 0 Å². The Morgan fingerprint density at radius 1 is 0.489 bits per heavy atom. The molecule has 0 bridgehead atoms. The molecule has 0 aliphatic carbocycles. The van der Waals surface area contributed by atoms with Crippen LogP contribution in [0, 0.1) is 0 Å². The van der Waals surface area contributed by atoms with Crippen molar-refractivity contribution in [3.63, 3.8) is 0 Å². The first kappa shape index (κ1) is 45.9. The summed E-state index contributed by atoms with van der Waals surface area (Å²) >= 11 is 0. The summed E-state index contributed by atoms with van der Waals surface area (Å²) in [5.41, 5.74) is 0. The second kappa shape index (κ2) is 39.3. The van der Waals surface area contributed by atoms with Crippen LogP contribution in [0.1, 0.15) is 226 Å². The summed E-state index contributed by atoms with van der Waals surface area (Å²) in [4.78, 5) is 12.4. The van der Waals surface area contributed by atoms with Gasteiger partial charge in [-0.1, -0.05) is 212 Å². The SMILES string of the molecule is CCCCCCCCCCC/C=C/CC/C=C/[C@@H](O)[C@H](CO)NC(=O)CCCCCCCCCCCCCCCCCCCCCC. The second-order valence-corrected chi connectivity index (χ2v) is 14.4. The first-order valence-electron chi connectivity index (χ1n) is 21.1. The number of amides is 1. The van der Waals surface area contributed by atoms with Crippen LogP contribution in [-0.4, -0.2) is 34.9 Å². The minimum Gasteiger partial charge on any atom is -0.394 e. The van der Waals surface area contributed by atoms with E-state index in [-0.39, 0.29) is 12.5 Å². The van der Waals surface area contributed by atoms with Gasteiger partial charge in [0, 0.05) is 6.42 Å². The highest BCUT2D eigenvalue weighted by Gasteiger charge is 2.17. The number of rotatable bonds is 38.